The maximum Gasteiger partial charge on any atom is 0.573 e. The molecule has 8 nitrogen and oxygen atoms in total. The van der Waals surface area contributed by atoms with E-state index in [1.807, 2.05) is 0 Å². The molecule has 0 aromatic heterocycles. The van der Waals surface area contributed by atoms with Crippen molar-refractivity contribution in [3.05, 3.63) is 83.9 Å². The number of nitrogens with zero attached hydrogens (tertiary/aromatic N) is 5. The largest absolute Gasteiger partial charge is 0.573 e. The van der Waals surface area contributed by atoms with Gasteiger partial charge in [0.25, 0.3) is 0 Å². The molecule has 0 amide bonds. The second-order valence-corrected chi connectivity index (χ2v) is 8.96. The molecule has 14 heteroatoms. The lowest BCUT2D eigenvalue weighted by Gasteiger charge is -2.20. The molecule has 208 valence electrons. The van der Waals surface area contributed by atoms with Crippen LogP contribution in [0.15, 0.2) is 93.0 Å². The van der Waals surface area contributed by atoms with Gasteiger partial charge in [0.05, 0.1) is 17.6 Å². The van der Waals surface area contributed by atoms with Crippen molar-refractivity contribution in [2.45, 2.75) is 13.0 Å². The quantitative estimate of drug-likeness (QED) is 0.142. The summed E-state index contributed by atoms with van der Waals surface area (Å²) in [5.74, 6) is 0.594. The average molecular weight is 577 g/mol. The molecule has 0 saturated carbocycles. The molecule has 0 radical (unpaired) electrons. The van der Waals surface area contributed by atoms with Crippen LogP contribution < -0.4 is 20.1 Å². The third kappa shape index (κ3) is 8.27. The Balaban J connectivity index is 1.37. The topological polar surface area (TPSA) is 97.2 Å². The molecule has 0 unspecified atom stereocenters. The minimum absolute atomic E-state index is 0.0602. The average Bonchev–Trinajstić information content (AvgIpc) is 3.37. The zero-order valence-electron chi connectivity index (χ0n) is 20.5. The molecule has 0 bridgehead atoms. The van der Waals surface area contributed by atoms with E-state index in [9.17, 15) is 22.0 Å². The van der Waals surface area contributed by atoms with Gasteiger partial charge in [0.2, 0.25) is 0 Å². The molecule has 0 spiro atoms. The molecule has 0 atom stereocenters. The zero-order valence-corrected chi connectivity index (χ0v) is 21.3. The summed E-state index contributed by atoms with van der Waals surface area (Å²) in [6.45, 7) is -2.37. The van der Waals surface area contributed by atoms with Crippen LogP contribution in [-0.4, -0.2) is 48.8 Å². The van der Waals surface area contributed by atoms with Gasteiger partial charge in [0.15, 0.2) is 5.17 Å². The molecule has 1 heterocycles. The summed E-state index contributed by atoms with van der Waals surface area (Å²) < 4.78 is 70.7. The number of thioether (sulfide) groups is 1. The fourth-order valence-electron chi connectivity index (χ4n) is 3.43. The standard InChI is InChI=1S/C26H21F5N6O2S/c27-24(28)38-22-4-2-1-3-21(22)37-13-14-40-25(37)36-35-15-17-5-7-18(8-6-17)23(32)34-16-33-19-9-11-20(12-10-19)39-26(29,30)31/h1-12,15-16,24H,13-14H2,(H2,32,33,34)/b35-15+,36-25-. The minimum Gasteiger partial charge on any atom is -0.433 e. The Morgan fingerprint density at radius 2 is 1.73 bits per heavy atom. The molecule has 2 N–H and O–H groups in total. The third-order valence-electron chi connectivity index (χ3n) is 5.18. The lowest BCUT2D eigenvalue weighted by atomic mass is 10.1. The first-order valence-corrected chi connectivity index (χ1v) is 12.5. The van der Waals surface area contributed by atoms with Gasteiger partial charge in [-0.1, -0.05) is 48.2 Å². The number of aliphatic imine (C=N–C) groups is 2. The van der Waals surface area contributed by atoms with Crippen molar-refractivity contribution in [3.63, 3.8) is 0 Å². The monoisotopic (exact) mass is 576 g/mol. The smallest absolute Gasteiger partial charge is 0.433 e. The predicted octanol–water partition coefficient (Wildman–Crippen LogP) is 6.20. The van der Waals surface area contributed by atoms with E-state index in [1.54, 1.807) is 47.4 Å². The van der Waals surface area contributed by atoms with Gasteiger partial charge in [0.1, 0.15) is 23.7 Å². The second kappa shape index (κ2) is 13.1. The van der Waals surface area contributed by atoms with Gasteiger partial charge in [0, 0.05) is 17.9 Å². The second-order valence-electron chi connectivity index (χ2n) is 7.90. The SMILES string of the molecule is NC(=NC=Nc1ccc(OC(F)(F)F)cc1)c1ccc(/C=N/N=C2\SCCN2c2ccccc2OC(F)F)cc1. The molecule has 4 rings (SSSR count). The Hall–Kier alpha value is -4.46. The highest BCUT2D eigenvalue weighted by Crippen LogP contribution is 2.34. The summed E-state index contributed by atoms with van der Waals surface area (Å²) in [7, 11) is 0. The van der Waals surface area contributed by atoms with Gasteiger partial charge in [-0.15, -0.1) is 18.3 Å². The highest BCUT2D eigenvalue weighted by Gasteiger charge is 2.31. The number of ether oxygens (including phenoxy) is 2. The maximum atomic E-state index is 12.8. The summed E-state index contributed by atoms with van der Waals surface area (Å²) in [5.41, 5.74) is 8.18. The van der Waals surface area contributed by atoms with Crippen LogP contribution in [0.2, 0.25) is 0 Å². The van der Waals surface area contributed by atoms with E-state index in [4.69, 9.17) is 5.73 Å². The van der Waals surface area contributed by atoms with Crippen LogP contribution in [0.4, 0.5) is 33.3 Å². The van der Waals surface area contributed by atoms with Crippen molar-refractivity contribution in [3.8, 4) is 11.5 Å². The molecule has 1 saturated heterocycles. The Bertz CT molecular complexity index is 1410. The number of hydrogen-bond acceptors (Lipinski definition) is 6. The van der Waals surface area contributed by atoms with Crippen LogP contribution >= 0.6 is 11.8 Å². The first kappa shape index (κ1) is 28.5. The highest BCUT2D eigenvalue weighted by atomic mass is 32.2. The van der Waals surface area contributed by atoms with Gasteiger partial charge in [-0.2, -0.15) is 13.9 Å². The van der Waals surface area contributed by atoms with E-state index in [0.29, 0.717) is 34.4 Å². The summed E-state index contributed by atoms with van der Waals surface area (Å²) in [4.78, 5) is 9.85. The number of nitrogens with two attached hydrogens (primary N) is 1. The van der Waals surface area contributed by atoms with Gasteiger partial charge in [-0.3, -0.25) is 0 Å². The summed E-state index contributed by atoms with van der Waals surface area (Å²) >= 11 is 1.45. The lowest BCUT2D eigenvalue weighted by Crippen LogP contribution is -2.24. The molecule has 1 aliphatic rings. The van der Waals surface area contributed by atoms with Crippen molar-refractivity contribution < 1.29 is 31.4 Å². The minimum atomic E-state index is -4.77. The van der Waals surface area contributed by atoms with E-state index < -0.39 is 13.0 Å². The number of anilines is 1. The summed E-state index contributed by atoms with van der Waals surface area (Å²) in [6, 6.07) is 18.4. The molecule has 3 aromatic carbocycles. The fraction of sp³-hybridized carbons (Fsp3) is 0.154. The van der Waals surface area contributed by atoms with Crippen molar-refractivity contribution in [1.82, 2.24) is 0 Å². The third-order valence-corrected chi connectivity index (χ3v) is 6.13. The number of rotatable bonds is 9. The normalized spacial score (nSPS) is 15.6. The molecule has 0 aliphatic carbocycles. The Labute approximate surface area is 229 Å². The number of benzene rings is 3. The van der Waals surface area contributed by atoms with E-state index in [2.05, 4.69) is 29.7 Å². The number of para-hydroxylation sites is 2. The van der Waals surface area contributed by atoms with Crippen molar-refractivity contribution >= 4 is 46.7 Å². The molecule has 1 fully saturated rings. The Kier molecular flexibility index (Phi) is 9.32. The van der Waals surface area contributed by atoms with Gasteiger partial charge in [-0.05, 0) is 42.0 Å². The van der Waals surface area contributed by atoms with Crippen LogP contribution in [-0.2, 0) is 0 Å². The van der Waals surface area contributed by atoms with Gasteiger partial charge >= 0.3 is 13.0 Å². The molecule has 1 aliphatic heterocycles. The molecule has 3 aromatic rings. The fourth-order valence-corrected chi connectivity index (χ4v) is 4.34. The van der Waals surface area contributed by atoms with E-state index in [0.717, 1.165) is 17.7 Å². The van der Waals surface area contributed by atoms with E-state index in [1.165, 1.54) is 42.5 Å². The summed E-state index contributed by atoms with van der Waals surface area (Å²) in [6.07, 6.45) is -2.04. The zero-order chi connectivity index (χ0) is 28.5. The first-order valence-electron chi connectivity index (χ1n) is 11.6. The predicted molar refractivity (Wildman–Crippen MR) is 146 cm³/mol. The maximum absolute atomic E-state index is 12.8. The van der Waals surface area contributed by atoms with Crippen molar-refractivity contribution in [1.29, 1.82) is 0 Å². The highest BCUT2D eigenvalue weighted by molar-refractivity contribution is 8.14. The molecular formula is C26H21F5N6O2S. The van der Waals surface area contributed by atoms with Crippen LogP contribution in [0, 0.1) is 0 Å². The van der Waals surface area contributed by atoms with Crippen LogP contribution in [0.3, 0.4) is 0 Å². The lowest BCUT2D eigenvalue weighted by molar-refractivity contribution is -0.274. The van der Waals surface area contributed by atoms with Gasteiger partial charge < -0.3 is 20.1 Å². The number of alkyl halides is 5. The number of hydrogen-bond donors (Lipinski definition) is 1. The van der Waals surface area contributed by atoms with Crippen molar-refractivity contribution in [2.75, 3.05) is 17.2 Å². The van der Waals surface area contributed by atoms with Gasteiger partial charge in [-0.25, -0.2) is 9.98 Å². The Morgan fingerprint density at radius 1 is 1.00 bits per heavy atom. The van der Waals surface area contributed by atoms with Crippen LogP contribution in [0.1, 0.15) is 11.1 Å². The van der Waals surface area contributed by atoms with Crippen LogP contribution in [0.25, 0.3) is 0 Å². The van der Waals surface area contributed by atoms with E-state index in [-0.39, 0.29) is 17.3 Å². The number of amidine groups is 2. The molecule has 40 heavy (non-hydrogen) atoms. The van der Waals surface area contributed by atoms with E-state index >= 15 is 0 Å². The van der Waals surface area contributed by atoms with Crippen molar-refractivity contribution in [2.24, 2.45) is 25.9 Å². The van der Waals surface area contributed by atoms with Crippen LogP contribution in [0.5, 0.6) is 11.5 Å². The summed E-state index contributed by atoms with van der Waals surface area (Å²) in [5, 5.41) is 8.93. The number of halogens is 5. The Morgan fingerprint density at radius 3 is 2.42 bits per heavy atom. The molecular weight excluding hydrogens is 555 g/mol. The first-order chi connectivity index (χ1) is 19.2.